The average Bonchev–Trinajstić information content (AvgIpc) is 3.46. The van der Waals surface area contributed by atoms with Crippen LogP contribution in [0.5, 0.6) is 0 Å². The third-order valence-corrected chi connectivity index (χ3v) is 6.13. The number of benzene rings is 2. The number of hydrogen-bond donors (Lipinski definition) is 0. The summed E-state index contributed by atoms with van der Waals surface area (Å²) in [5.41, 5.74) is 0.492. The van der Waals surface area contributed by atoms with Crippen molar-refractivity contribution in [3.8, 4) is 22.7 Å². The molecule has 0 spiro atoms. The standard InChI is InChI=1S/C21H10Cl2N4O4S/c22-11-5-7-13(15(23)9-11)19-24-21-26(25-19)20(28)18(32-21)10-12-6-8-17(31-12)14-3-1-2-4-16(14)27(29)30/h1-10H/b18-10-. The lowest BCUT2D eigenvalue weighted by Crippen LogP contribution is -2.23. The van der Waals surface area contributed by atoms with Gasteiger partial charge >= 0.3 is 0 Å². The van der Waals surface area contributed by atoms with Gasteiger partial charge in [-0.25, -0.2) is 0 Å². The van der Waals surface area contributed by atoms with Crippen LogP contribution in [0.25, 0.3) is 33.7 Å². The van der Waals surface area contributed by atoms with Crippen LogP contribution in [0, 0.1) is 10.1 Å². The molecule has 0 unspecified atom stereocenters. The van der Waals surface area contributed by atoms with E-state index in [9.17, 15) is 14.9 Å². The van der Waals surface area contributed by atoms with Crippen LogP contribution < -0.4 is 10.1 Å². The molecule has 0 aliphatic rings. The van der Waals surface area contributed by atoms with Crippen LogP contribution in [-0.2, 0) is 0 Å². The molecule has 3 aromatic heterocycles. The van der Waals surface area contributed by atoms with Crippen LogP contribution >= 0.6 is 34.5 Å². The van der Waals surface area contributed by atoms with Crippen LogP contribution in [0.4, 0.5) is 5.69 Å². The molecule has 11 heteroatoms. The van der Waals surface area contributed by atoms with Gasteiger partial charge in [-0.2, -0.15) is 9.50 Å². The maximum absolute atomic E-state index is 12.8. The van der Waals surface area contributed by atoms with E-state index in [-0.39, 0.29) is 11.2 Å². The lowest BCUT2D eigenvalue weighted by molar-refractivity contribution is -0.384. The number of fused-ring (bicyclic) bond motifs is 1. The lowest BCUT2D eigenvalue weighted by atomic mass is 10.1. The summed E-state index contributed by atoms with van der Waals surface area (Å²) in [6, 6.07) is 14.5. The fourth-order valence-corrected chi connectivity index (χ4v) is 4.55. The Kier molecular flexibility index (Phi) is 5.01. The van der Waals surface area contributed by atoms with Gasteiger partial charge in [0, 0.05) is 22.7 Å². The van der Waals surface area contributed by atoms with Crippen LogP contribution in [-0.4, -0.2) is 19.5 Å². The summed E-state index contributed by atoms with van der Waals surface area (Å²) in [5.74, 6) is 1.02. The van der Waals surface area contributed by atoms with E-state index < -0.39 is 4.92 Å². The fourth-order valence-electron chi connectivity index (χ4n) is 3.16. The zero-order valence-corrected chi connectivity index (χ0v) is 18.2. The van der Waals surface area contributed by atoms with E-state index in [1.807, 2.05) is 0 Å². The number of nitrogens with zero attached hydrogens (tertiary/aromatic N) is 4. The third-order valence-electron chi connectivity index (χ3n) is 4.62. The molecule has 3 heterocycles. The molecule has 0 fully saturated rings. The topological polar surface area (TPSA) is 104 Å². The number of halogens is 2. The minimum absolute atomic E-state index is 0.0647. The Morgan fingerprint density at radius 3 is 2.66 bits per heavy atom. The number of hydrogen-bond acceptors (Lipinski definition) is 7. The van der Waals surface area contributed by atoms with Crippen LogP contribution in [0.2, 0.25) is 10.0 Å². The van der Waals surface area contributed by atoms with E-state index in [0.717, 1.165) is 11.3 Å². The lowest BCUT2D eigenvalue weighted by Gasteiger charge is -1.99. The minimum atomic E-state index is -0.471. The van der Waals surface area contributed by atoms with Crippen LogP contribution in [0.1, 0.15) is 5.76 Å². The minimum Gasteiger partial charge on any atom is -0.456 e. The van der Waals surface area contributed by atoms with Gasteiger partial charge in [0.15, 0.2) is 5.82 Å². The molecular weight excluding hydrogens is 475 g/mol. The van der Waals surface area contributed by atoms with Crippen molar-refractivity contribution in [3.05, 3.63) is 95.4 Å². The van der Waals surface area contributed by atoms with Crippen molar-refractivity contribution >= 4 is 51.3 Å². The first-order chi connectivity index (χ1) is 15.4. The molecule has 5 aromatic rings. The molecule has 0 N–H and O–H groups in total. The van der Waals surface area contributed by atoms with Crippen molar-refractivity contribution in [2.45, 2.75) is 0 Å². The summed E-state index contributed by atoms with van der Waals surface area (Å²) in [5, 5.41) is 16.4. The van der Waals surface area contributed by atoms with Crippen molar-refractivity contribution in [2.24, 2.45) is 0 Å². The monoisotopic (exact) mass is 484 g/mol. The maximum Gasteiger partial charge on any atom is 0.291 e. The normalized spacial score (nSPS) is 12.0. The van der Waals surface area contributed by atoms with E-state index in [1.165, 1.54) is 10.6 Å². The number of thiazole rings is 1. The number of nitro groups is 1. The SMILES string of the molecule is O=c1/c(=C/c2ccc(-c3ccccc3[N+](=O)[O-])o2)sc2nc(-c3ccc(Cl)cc3Cl)nn12. The molecule has 158 valence electrons. The second-order valence-corrected chi connectivity index (χ2v) is 8.50. The molecule has 0 radical (unpaired) electrons. The molecule has 0 saturated heterocycles. The summed E-state index contributed by atoms with van der Waals surface area (Å²) >= 11 is 13.3. The van der Waals surface area contributed by atoms with E-state index >= 15 is 0 Å². The number of rotatable bonds is 4. The number of furan rings is 1. The zero-order chi connectivity index (χ0) is 22.4. The largest absolute Gasteiger partial charge is 0.456 e. The number of aromatic nitrogens is 3. The van der Waals surface area contributed by atoms with E-state index in [4.69, 9.17) is 27.6 Å². The first-order valence-electron chi connectivity index (χ1n) is 9.11. The van der Waals surface area contributed by atoms with Crippen molar-refractivity contribution in [1.29, 1.82) is 0 Å². The van der Waals surface area contributed by atoms with Gasteiger partial charge in [0.25, 0.3) is 11.2 Å². The first-order valence-corrected chi connectivity index (χ1v) is 10.7. The number of nitro benzene ring substituents is 1. The Balaban J connectivity index is 1.53. The molecule has 8 nitrogen and oxygen atoms in total. The molecule has 0 bridgehead atoms. The Hall–Kier alpha value is -3.53. The molecule has 0 atom stereocenters. The van der Waals surface area contributed by atoms with Gasteiger partial charge in [0.05, 0.1) is 15.5 Å². The summed E-state index contributed by atoms with van der Waals surface area (Å²) in [6.07, 6.45) is 1.55. The highest BCUT2D eigenvalue weighted by atomic mass is 35.5. The summed E-state index contributed by atoms with van der Waals surface area (Å²) < 4.78 is 7.30. The molecule has 0 saturated carbocycles. The van der Waals surface area contributed by atoms with Crippen molar-refractivity contribution in [2.75, 3.05) is 0 Å². The predicted octanol–water partition coefficient (Wildman–Crippen LogP) is 4.84. The van der Waals surface area contributed by atoms with E-state index in [0.29, 0.717) is 48.0 Å². The molecule has 0 aliphatic heterocycles. The quantitative estimate of drug-likeness (QED) is 0.267. The van der Waals surface area contributed by atoms with Gasteiger partial charge in [-0.15, -0.1) is 5.10 Å². The van der Waals surface area contributed by atoms with E-state index in [2.05, 4.69) is 10.1 Å². The second kappa shape index (κ2) is 7.86. The third kappa shape index (κ3) is 3.56. The molecular formula is C21H10Cl2N4O4S. The Morgan fingerprint density at radius 1 is 1.09 bits per heavy atom. The Bertz CT molecular complexity index is 1620. The van der Waals surface area contributed by atoms with Crippen molar-refractivity contribution in [1.82, 2.24) is 14.6 Å². The van der Waals surface area contributed by atoms with Crippen molar-refractivity contribution < 1.29 is 9.34 Å². The zero-order valence-electron chi connectivity index (χ0n) is 15.9. The first kappa shape index (κ1) is 20.4. The summed E-state index contributed by atoms with van der Waals surface area (Å²) in [7, 11) is 0. The van der Waals surface area contributed by atoms with Gasteiger partial charge < -0.3 is 4.42 Å². The predicted molar refractivity (Wildman–Crippen MR) is 122 cm³/mol. The molecule has 32 heavy (non-hydrogen) atoms. The smallest absolute Gasteiger partial charge is 0.291 e. The van der Waals surface area contributed by atoms with Crippen LogP contribution in [0.3, 0.4) is 0 Å². The molecule has 5 rings (SSSR count). The van der Waals surface area contributed by atoms with E-state index in [1.54, 1.807) is 54.6 Å². The highest BCUT2D eigenvalue weighted by molar-refractivity contribution is 7.15. The maximum atomic E-state index is 12.8. The molecule has 0 aliphatic carbocycles. The van der Waals surface area contributed by atoms with Crippen molar-refractivity contribution in [3.63, 3.8) is 0 Å². The summed E-state index contributed by atoms with van der Waals surface area (Å²) in [4.78, 5) is 28.4. The highest BCUT2D eigenvalue weighted by Gasteiger charge is 2.18. The van der Waals surface area contributed by atoms with Gasteiger partial charge in [-0.1, -0.05) is 46.7 Å². The number of para-hydroxylation sites is 1. The van der Waals surface area contributed by atoms with Gasteiger partial charge in [0.1, 0.15) is 16.1 Å². The highest BCUT2D eigenvalue weighted by Crippen LogP contribution is 2.31. The summed E-state index contributed by atoms with van der Waals surface area (Å²) in [6.45, 7) is 0. The van der Waals surface area contributed by atoms with Gasteiger partial charge in [-0.05, 0) is 36.4 Å². The Labute approximate surface area is 193 Å². The Morgan fingerprint density at radius 2 is 1.91 bits per heavy atom. The van der Waals surface area contributed by atoms with Gasteiger partial charge in [-0.3, -0.25) is 14.9 Å². The molecule has 0 amide bonds. The second-order valence-electron chi connectivity index (χ2n) is 6.65. The van der Waals surface area contributed by atoms with Crippen LogP contribution in [0.15, 0.2) is 63.8 Å². The molecule has 2 aromatic carbocycles. The average molecular weight is 485 g/mol. The van der Waals surface area contributed by atoms with Gasteiger partial charge in [0.2, 0.25) is 4.96 Å². The fraction of sp³-hybridized carbons (Fsp3) is 0.